The Labute approximate surface area is 196 Å². The molecule has 0 spiro atoms. The van der Waals surface area contributed by atoms with Crippen LogP contribution in [0.5, 0.6) is 5.75 Å². The number of benzene rings is 7. The molecule has 160 valence electrons. The molecule has 0 atom stereocenters. The van der Waals surface area contributed by atoms with Crippen LogP contribution in [-0.2, 0) is 4.46 Å². The van der Waals surface area contributed by atoms with E-state index >= 15 is 0 Å². The van der Waals surface area contributed by atoms with Gasteiger partial charge in [0.05, 0.1) is 0 Å². The highest BCUT2D eigenvalue weighted by Crippen LogP contribution is 2.47. The molecule has 7 aromatic rings. The van der Waals surface area contributed by atoms with Crippen molar-refractivity contribution in [1.82, 2.24) is 0 Å². The van der Waals surface area contributed by atoms with Crippen molar-refractivity contribution in [2.24, 2.45) is 0 Å². The average molecular weight is 455 g/mol. The van der Waals surface area contributed by atoms with Gasteiger partial charge in [-0.3, -0.25) is 4.46 Å². The maximum atomic E-state index is 12.0. The lowest BCUT2D eigenvalue weighted by atomic mass is 9.86. The molecular weight excluding hydrogens is 436 g/mol. The van der Waals surface area contributed by atoms with Gasteiger partial charge < -0.3 is 9.22 Å². The SMILES string of the molecule is O=[Si](O)Oc1cc2c3ccccc3c3ccccc3c2c2c3ccccc3c3ccccc3c12. The number of fused-ring (bicyclic) bond motifs is 13. The minimum Gasteiger partial charge on any atom is -0.511 e. The van der Waals surface area contributed by atoms with Gasteiger partial charge in [-0.2, -0.15) is 0 Å². The molecule has 0 saturated carbocycles. The molecule has 0 fully saturated rings. The second-order valence-corrected chi connectivity index (χ2v) is 9.33. The van der Waals surface area contributed by atoms with Crippen molar-refractivity contribution in [2.75, 3.05) is 0 Å². The lowest BCUT2D eigenvalue weighted by molar-refractivity contribution is 0.340. The fourth-order valence-electron chi connectivity index (χ4n) is 5.62. The summed E-state index contributed by atoms with van der Waals surface area (Å²) in [5.74, 6) is 0.441. The highest BCUT2D eigenvalue weighted by atomic mass is 28.3. The molecule has 0 heterocycles. The summed E-state index contributed by atoms with van der Waals surface area (Å²) in [6, 6.07) is 35.4. The molecule has 0 saturated heterocycles. The van der Waals surface area contributed by atoms with Crippen LogP contribution in [0.3, 0.4) is 0 Å². The van der Waals surface area contributed by atoms with Crippen molar-refractivity contribution in [3.63, 3.8) is 0 Å². The van der Waals surface area contributed by atoms with Gasteiger partial charge in [-0.1, -0.05) is 97.1 Å². The third-order valence-corrected chi connectivity index (χ3v) is 7.27. The first-order chi connectivity index (χ1) is 16.7. The summed E-state index contributed by atoms with van der Waals surface area (Å²) in [7, 11) is -3.21. The maximum Gasteiger partial charge on any atom is 0.770 e. The molecule has 0 unspecified atom stereocenters. The Kier molecular flexibility index (Phi) is 4.02. The molecule has 0 radical (unpaired) electrons. The van der Waals surface area contributed by atoms with Gasteiger partial charge in [0.15, 0.2) is 0 Å². The molecule has 0 amide bonds. The van der Waals surface area contributed by atoms with Crippen molar-refractivity contribution in [1.29, 1.82) is 0 Å². The van der Waals surface area contributed by atoms with Gasteiger partial charge in [0.1, 0.15) is 5.75 Å². The van der Waals surface area contributed by atoms with Crippen LogP contribution in [0.4, 0.5) is 0 Å². The number of hydrogen-bond acceptors (Lipinski definition) is 2. The molecule has 4 heteroatoms. The Hall–Kier alpha value is -4.28. The Balaban J connectivity index is 1.92. The summed E-state index contributed by atoms with van der Waals surface area (Å²) in [6.45, 7) is 0. The molecule has 3 nitrogen and oxygen atoms in total. The molecule has 1 N–H and O–H groups in total. The van der Waals surface area contributed by atoms with Crippen LogP contribution in [0, 0.1) is 0 Å². The lowest BCUT2D eigenvalue weighted by Crippen LogP contribution is -2.09. The van der Waals surface area contributed by atoms with E-state index in [9.17, 15) is 9.26 Å². The van der Waals surface area contributed by atoms with E-state index in [4.69, 9.17) is 4.43 Å². The van der Waals surface area contributed by atoms with Crippen LogP contribution < -0.4 is 4.43 Å². The van der Waals surface area contributed by atoms with Gasteiger partial charge in [0, 0.05) is 10.8 Å². The predicted octanol–water partition coefficient (Wildman–Crippen LogP) is 7.39. The van der Waals surface area contributed by atoms with Crippen molar-refractivity contribution in [3.8, 4) is 5.75 Å². The smallest absolute Gasteiger partial charge is 0.511 e. The van der Waals surface area contributed by atoms with Crippen molar-refractivity contribution >= 4 is 73.8 Å². The first-order valence-corrected chi connectivity index (χ1v) is 12.5. The van der Waals surface area contributed by atoms with Gasteiger partial charge >= 0.3 is 9.17 Å². The van der Waals surface area contributed by atoms with Crippen LogP contribution in [0.1, 0.15) is 0 Å². The first kappa shape index (κ1) is 19.2. The average Bonchev–Trinajstić information content (AvgIpc) is 2.88. The molecule has 0 aliphatic carbocycles. The van der Waals surface area contributed by atoms with Gasteiger partial charge in [-0.15, -0.1) is 0 Å². The summed E-state index contributed by atoms with van der Waals surface area (Å²) >= 11 is 0. The summed E-state index contributed by atoms with van der Waals surface area (Å²) < 4.78 is 17.6. The third-order valence-electron chi connectivity index (χ3n) is 6.88. The molecule has 0 aromatic heterocycles. The summed E-state index contributed by atoms with van der Waals surface area (Å²) in [5.41, 5.74) is 0. The van der Waals surface area contributed by atoms with Gasteiger partial charge in [-0.05, 0) is 59.9 Å². The number of rotatable bonds is 2. The zero-order valence-electron chi connectivity index (χ0n) is 18.1. The minimum absolute atomic E-state index is 0.441. The Morgan fingerprint density at radius 2 is 0.824 bits per heavy atom. The van der Waals surface area contributed by atoms with Crippen molar-refractivity contribution in [3.05, 3.63) is 103 Å². The molecule has 7 aromatic carbocycles. The Bertz CT molecular complexity index is 1970. The van der Waals surface area contributed by atoms with Gasteiger partial charge in [0.25, 0.3) is 0 Å². The standard InChI is InChI=1S/C30H18O3Si/c31-34(32)33-27-17-26-22-13-2-1-9-18(22)19-10-3-6-14-23(19)28(26)30-25-16-8-5-12-21(25)20-11-4-7-15-24(20)29(27)30/h1-17,31H. The molecule has 7 rings (SSSR count). The Morgan fingerprint density at radius 3 is 1.29 bits per heavy atom. The van der Waals surface area contributed by atoms with Crippen LogP contribution in [0.25, 0.3) is 64.6 Å². The molecule has 0 aliphatic rings. The summed E-state index contributed by atoms with van der Waals surface area (Å²) in [4.78, 5) is 9.83. The molecule has 34 heavy (non-hydrogen) atoms. The third kappa shape index (κ3) is 2.57. The number of hydrogen-bond donors (Lipinski definition) is 1. The van der Waals surface area contributed by atoms with E-state index in [2.05, 4.69) is 72.8 Å². The van der Waals surface area contributed by atoms with Crippen LogP contribution in [-0.4, -0.2) is 14.0 Å². The monoisotopic (exact) mass is 454 g/mol. The van der Waals surface area contributed by atoms with E-state index in [1.54, 1.807) is 0 Å². The second-order valence-electron chi connectivity index (χ2n) is 8.60. The minimum atomic E-state index is -3.21. The fraction of sp³-hybridized carbons (Fsp3) is 0. The fourth-order valence-corrected chi connectivity index (χ4v) is 5.97. The van der Waals surface area contributed by atoms with Crippen LogP contribution >= 0.6 is 0 Å². The maximum absolute atomic E-state index is 12.0. The zero-order valence-corrected chi connectivity index (χ0v) is 19.1. The van der Waals surface area contributed by atoms with Gasteiger partial charge in [0.2, 0.25) is 0 Å². The van der Waals surface area contributed by atoms with E-state index in [1.165, 1.54) is 5.39 Å². The van der Waals surface area contributed by atoms with Crippen LogP contribution in [0.2, 0.25) is 0 Å². The quantitative estimate of drug-likeness (QED) is 0.219. The van der Waals surface area contributed by atoms with Crippen LogP contribution in [0.15, 0.2) is 103 Å². The van der Waals surface area contributed by atoms with E-state index in [0.29, 0.717) is 5.75 Å². The largest absolute Gasteiger partial charge is 0.770 e. The highest BCUT2D eigenvalue weighted by molar-refractivity contribution is 6.40. The molecule has 0 aliphatic heterocycles. The van der Waals surface area contributed by atoms with Crippen molar-refractivity contribution < 1.29 is 13.7 Å². The topological polar surface area (TPSA) is 46.5 Å². The summed E-state index contributed by atoms with van der Waals surface area (Å²) in [6.07, 6.45) is 0. The normalized spacial score (nSPS) is 11.8. The second kappa shape index (κ2) is 7.11. The van der Waals surface area contributed by atoms with E-state index in [0.717, 1.165) is 59.2 Å². The van der Waals surface area contributed by atoms with E-state index in [1.807, 2.05) is 30.3 Å². The van der Waals surface area contributed by atoms with Crippen molar-refractivity contribution in [2.45, 2.75) is 0 Å². The summed E-state index contributed by atoms with van der Waals surface area (Å²) in [5, 5.41) is 13.0. The predicted molar refractivity (Wildman–Crippen MR) is 141 cm³/mol. The highest BCUT2D eigenvalue weighted by Gasteiger charge is 2.21. The lowest BCUT2D eigenvalue weighted by Gasteiger charge is -2.18. The van der Waals surface area contributed by atoms with Gasteiger partial charge in [-0.25, -0.2) is 0 Å². The molecular formula is C30H18O3Si. The first-order valence-electron chi connectivity index (χ1n) is 11.2. The van der Waals surface area contributed by atoms with E-state index < -0.39 is 9.17 Å². The Morgan fingerprint density at radius 1 is 0.471 bits per heavy atom. The van der Waals surface area contributed by atoms with E-state index in [-0.39, 0.29) is 0 Å². The molecule has 0 bridgehead atoms. The zero-order chi connectivity index (χ0) is 22.8.